The van der Waals surface area contributed by atoms with Gasteiger partial charge in [0.05, 0.1) is 54.6 Å². The minimum atomic E-state index is -0.569. The Morgan fingerprint density at radius 1 is 1.28 bits per heavy atom. The standard InChI is InChI=1S/C19H22N6O4/c1-13-19(20-18(26)8-10-23-9-7-17(22-23)25(27)28)14(2)24(21-13)12-15-5-4-6-16(11-15)29-3/h4-7,9,11H,8,10,12H2,1-3H3,(H,20,26). The molecule has 1 amide bonds. The van der Waals surface area contributed by atoms with Gasteiger partial charge < -0.3 is 20.2 Å². The highest BCUT2D eigenvalue weighted by Gasteiger charge is 2.16. The lowest BCUT2D eigenvalue weighted by Crippen LogP contribution is -2.16. The number of nitro groups is 1. The molecule has 152 valence electrons. The maximum Gasteiger partial charge on any atom is 0.389 e. The van der Waals surface area contributed by atoms with Crippen LogP contribution in [0.5, 0.6) is 5.75 Å². The Balaban J connectivity index is 1.64. The zero-order valence-corrected chi connectivity index (χ0v) is 16.5. The van der Waals surface area contributed by atoms with Crippen LogP contribution >= 0.6 is 0 Å². The molecule has 3 aromatic rings. The van der Waals surface area contributed by atoms with Gasteiger partial charge in [0.15, 0.2) is 0 Å². The van der Waals surface area contributed by atoms with E-state index in [0.29, 0.717) is 17.9 Å². The minimum absolute atomic E-state index is 0.138. The van der Waals surface area contributed by atoms with E-state index < -0.39 is 4.92 Å². The van der Waals surface area contributed by atoms with Gasteiger partial charge in [0, 0.05) is 6.42 Å². The third kappa shape index (κ3) is 4.78. The number of methoxy groups -OCH3 is 1. The molecule has 2 heterocycles. The van der Waals surface area contributed by atoms with Gasteiger partial charge in [0.25, 0.3) is 0 Å². The Labute approximate surface area is 167 Å². The summed E-state index contributed by atoms with van der Waals surface area (Å²) in [5.74, 6) is 0.322. The van der Waals surface area contributed by atoms with Crippen LogP contribution in [0.2, 0.25) is 0 Å². The Bertz CT molecular complexity index is 1040. The van der Waals surface area contributed by atoms with Gasteiger partial charge in [-0.3, -0.25) is 9.48 Å². The predicted octanol–water partition coefficient (Wildman–Crippen LogP) is 2.69. The molecule has 1 aromatic carbocycles. The molecule has 10 heteroatoms. The van der Waals surface area contributed by atoms with Crippen LogP contribution in [-0.4, -0.2) is 37.5 Å². The van der Waals surface area contributed by atoms with Crippen molar-refractivity contribution in [2.24, 2.45) is 0 Å². The first kappa shape index (κ1) is 20.1. The summed E-state index contributed by atoms with van der Waals surface area (Å²) in [5, 5.41) is 21.9. The molecule has 0 aliphatic carbocycles. The van der Waals surface area contributed by atoms with E-state index in [1.54, 1.807) is 7.11 Å². The van der Waals surface area contributed by atoms with E-state index in [2.05, 4.69) is 15.5 Å². The van der Waals surface area contributed by atoms with Gasteiger partial charge in [-0.05, 0) is 36.5 Å². The summed E-state index contributed by atoms with van der Waals surface area (Å²) in [6.45, 7) is 4.53. The van der Waals surface area contributed by atoms with Crippen molar-refractivity contribution >= 4 is 17.4 Å². The van der Waals surface area contributed by atoms with E-state index in [9.17, 15) is 14.9 Å². The summed E-state index contributed by atoms with van der Waals surface area (Å²) in [6, 6.07) is 9.03. The summed E-state index contributed by atoms with van der Waals surface area (Å²) in [6.07, 6.45) is 1.62. The van der Waals surface area contributed by atoms with Gasteiger partial charge >= 0.3 is 5.82 Å². The number of carbonyl (C=O) groups is 1. The number of benzene rings is 1. The van der Waals surface area contributed by atoms with Gasteiger partial charge in [-0.25, -0.2) is 0 Å². The molecule has 0 bridgehead atoms. The van der Waals surface area contributed by atoms with Crippen molar-refractivity contribution in [2.75, 3.05) is 12.4 Å². The van der Waals surface area contributed by atoms with Crippen LogP contribution in [0.15, 0.2) is 36.5 Å². The maximum absolute atomic E-state index is 12.3. The Morgan fingerprint density at radius 3 is 2.76 bits per heavy atom. The fourth-order valence-corrected chi connectivity index (χ4v) is 2.97. The number of hydrogen-bond acceptors (Lipinski definition) is 6. The number of nitrogens with one attached hydrogen (secondary N) is 1. The monoisotopic (exact) mass is 398 g/mol. The van der Waals surface area contributed by atoms with Gasteiger partial charge in [-0.15, -0.1) is 0 Å². The summed E-state index contributed by atoms with van der Waals surface area (Å²) in [5.41, 5.74) is 3.26. The SMILES string of the molecule is COc1cccc(Cn2nc(C)c(NC(=O)CCn3ccc([N+](=O)[O-])n3)c2C)c1. The molecule has 1 N–H and O–H groups in total. The van der Waals surface area contributed by atoms with E-state index in [-0.39, 0.29) is 24.7 Å². The summed E-state index contributed by atoms with van der Waals surface area (Å²) in [7, 11) is 1.62. The van der Waals surface area contributed by atoms with E-state index in [4.69, 9.17) is 4.74 Å². The highest BCUT2D eigenvalue weighted by molar-refractivity contribution is 5.91. The maximum atomic E-state index is 12.3. The molecule has 0 spiro atoms. The first-order valence-electron chi connectivity index (χ1n) is 9.02. The smallest absolute Gasteiger partial charge is 0.389 e. The molecular weight excluding hydrogens is 376 g/mol. The lowest BCUT2D eigenvalue weighted by atomic mass is 10.2. The first-order valence-corrected chi connectivity index (χ1v) is 9.02. The quantitative estimate of drug-likeness (QED) is 0.460. The number of nitrogens with zero attached hydrogens (tertiary/aromatic N) is 5. The lowest BCUT2D eigenvalue weighted by molar-refractivity contribution is -0.389. The van der Waals surface area contributed by atoms with Crippen LogP contribution in [0.3, 0.4) is 0 Å². The molecule has 0 aliphatic heterocycles. The Morgan fingerprint density at radius 2 is 2.07 bits per heavy atom. The molecule has 2 aromatic heterocycles. The largest absolute Gasteiger partial charge is 0.497 e. The molecule has 0 fully saturated rings. The van der Waals surface area contributed by atoms with Crippen LogP contribution < -0.4 is 10.1 Å². The van der Waals surface area contributed by atoms with E-state index in [1.807, 2.05) is 42.8 Å². The number of anilines is 1. The summed E-state index contributed by atoms with van der Waals surface area (Å²) in [4.78, 5) is 22.4. The average Bonchev–Trinajstić information content (AvgIpc) is 3.27. The van der Waals surface area contributed by atoms with Crippen LogP contribution in [-0.2, 0) is 17.9 Å². The molecule has 29 heavy (non-hydrogen) atoms. The second kappa shape index (κ2) is 8.55. The van der Waals surface area contributed by atoms with Crippen molar-refractivity contribution in [3.63, 3.8) is 0 Å². The van der Waals surface area contributed by atoms with E-state index in [0.717, 1.165) is 17.0 Å². The molecule has 0 unspecified atom stereocenters. The molecule has 0 saturated carbocycles. The third-order valence-corrected chi connectivity index (χ3v) is 4.49. The molecule has 0 saturated heterocycles. The van der Waals surface area contributed by atoms with E-state index >= 15 is 0 Å². The predicted molar refractivity (Wildman–Crippen MR) is 106 cm³/mol. The number of aryl methyl sites for hydroxylation is 2. The molecule has 0 radical (unpaired) electrons. The zero-order chi connectivity index (χ0) is 21.0. The van der Waals surface area contributed by atoms with Gasteiger partial charge in [0.1, 0.15) is 5.75 Å². The Hall–Kier alpha value is -3.69. The third-order valence-electron chi connectivity index (χ3n) is 4.49. The highest BCUT2D eigenvalue weighted by Crippen LogP contribution is 2.22. The van der Waals surface area contributed by atoms with E-state index in [1.165, 1.54) is 16.9 Å². The van der Waals surface area contributed by atoms with Gasteiger partial charge in [0.2, 0.25) is 5.91 Å². The van der Waals surface area contributed by atoms with Crippen LogP contribution in [0.25, 0.3) is 0 Å². The molecule has 10 nitrogen and oxygen atoms in total. The number of amides is 1. The van der Waals surface area contributed by atoms with Crippen LogP contribution in [0.4, 0.5) is 11.5 Å². The fourth-order valence-electron chi connectivity index (χ4n) is 2.97. The average molecular weight is 398 g/mol. The van der Waals surface area contributed by atoms with Crippen molar-refractivity contribution in [1.29, 1.82) is 0 Å². The van der Waals surface area contributed by atoms with Crippen molar-refractivity contribution in [1.82, 2.24) is 19.6 Å². The van der Waals surface area contributed by atoms with Crippen molar-refractivity contribution in [3.05, 3.63) is 63.6 Å². The fraction of sp³-hybridized carbons (Fsp3) is 0.316. The normalized spacial score (nSPS) is 10.7. The summed E-state index contributed by atoms with van der Waals surface area (Å²) >= 11 is 0. The summed E-state index contributed by atoms with van der Waals surface area (Å²) < 4.78 is 8.46. The molecular formula is C19H22N6O4. The molecule has 0 atom stereocenters. The van der Waals surface area contributed by atoms with Crippen LogP contribution in [0.1, 0.15) is 23.4 Å². The molecule has 0 aliphatic rings. The lowest BCUT2D eigenvalue weighted by Gasteiger charge is -2.08. The van der Waals surface area contributed by atoms with Crippen LogP contribution in [0, 0.1) is 24.0 Å². The first-order chi connectivity index (χ1) is 13.9. The van der Waals surface area contributed by atoms with Crippen molar-refractivity contribution in [2.45, 2.75) is 33.4 Å². The second-order valence-electron chi connectivity index (χ2n) is 6.55. The number of aromatic nitrogens is 4. The Kier molecular flexibility index (Phi) is 5.91. The van der Waals surface area contributed by atoms with Gasteiger partial charge in [-0.2, -0.15) is 9.78 Å². The number of hydrogen-bond donors (Lipinski definition) is 1. The number of carbonyl (C=O) groups excluding carboxylic acids is 1. The zero-order valence-electron chi connectivity index (χ0n) is 16.5. The number of ether oxygens (including phenoxy) is 1. The second-order valence-corrected chi connectivity index (χ2v) is 6.55. The number of rotatable bonds is 8. The topological polar surface area (TPSA) is 117 Å². The van der Waals surface area contributed by atoms with Gasteiger partial charge in [-0.1, -0.05) is 12.1 Å². The minimum Gasteiger partial charge on any atom is -0.497 e. The molecule has 3 rings (SSSR count). The highest BCUT2D eigenvalue weighted by atomic mass is 16.6. The van der Waals surface area contributed by atoms with Crippen molar-refractivity contribution < 1.29 is 14.5 Å². The van der Waals surface area contributed by atoms with Crippen molar-refractivity contribution in [3.8, 4) is 5.75 Å².